The Balaban J connectivity index is 2.53. The van der Waals surface area contributed by atoms with Gasteiger partial charge in [0.1, 0.15) is 11.7 Å². The van der Waals surface area contributed by atoms with Gasteiger partial charge in [-0.25, -0.2) is 0 Å². The first kappa shape index (κ1) is 9.70. The van der Waals surface area contributed by atoms with E-state index in [0.29, 0.717) is 18.8 Å². The predicted molar refractivity (Wildman–Crippen MR) is 49.8 cm³/mol. The Morgan fingerprint density at radius 1 is 1.54 bits per heavy atom. The molecule has 5 heteroatoms. The molecule has 1 aliphatic heterocycles. The number of amidine groups is 2. The standard InChI is InChI=1S/C8H14N4O/c9-6-3-1-2-4-12(6)7(10)5-8(11)13/h9-10H,1-5H2,(H2,11,13). The number of nitrogens with zero attached hydrogens (tertiary/aromatic N) is 1. The van der Waals surface area contributed by atoms with Crippen molar-refractivity contribution in [1.29, 1.82) is 10.8 Å². The van der Waals surface area contributed by atoms with Crippen molar-refractivity contribution >= 4 is 17.6 Å². The van der Waals surface area contributed by atoms with E-state index in [1.165, 1.54) is 0 Å². The molecule has 1 fully saturated rings. The van der Waals surface area contributed by atoms with Gasteiger partial charge in [0.25, 0.3) is 0 Å². The number of carbonyl (C=O) groups is 1. The molecule has 1 saturated heterocycles. The molecule has 0 aliphatic carbocycles. The normalized spacial score (nSPS) is 17.2. The molecule has 0 spiro atoms. The van der Waals surface area contributed by atoms with E-state index in [9.17, 15) is 4.79 Å². The summed E-state index contributed by atoms with van der Waals surface area (Å²) in [4.78, 5) is 12.1. The van der Waals surface area contributed by atoms with Crippen LogP contribution in [0.3, 0.4) is 0 Å². The number of likely N-dealkylation sites (tertiary alicyclic amines) is 1. The molecule has 0 radical (unpaired) electrons. The second kappa shape index (κ2) is 4.02. The molecule has 0 aromatic carbocycles. The average Bonchev–Trinajstić information content (AvgIpc) is 2.03. The Bertz CT molecular complexity index is 249. The Morgan fingerprint density at radius 2 is 2.23 bits per heavy atom. The highest BCUT2D eigenvalue weighted by Gasteiger charge is 2.19. The highest BCUT2D eigenvalue weighted by atomic mass is 16.1. The molecule has 0 saturated carbocycles. The van der Waals surface area contributed by atoms with Crippen molar-refractivity contribution in [3.8, 4) is 0 Å². The van der Waals surface area contributed by atoms with Gasteiger partial charge in [-0.05, 0) is 12.8 Å². The minimum atomic E-state index is -0.511. The molecular weight excluding hydrogens is 168 g/mol. The van der Waals surface area contributed by atoms with Crippen LogP contribution < -0.4 is 5.73 Å². The smallest absolute Gasteiger partial charge is 0.224 e. The van der Waals surface area contributed by atoms with E-state index in [1.807, 2.05) is 0 Å². The van der Waals surface area contributed by atoms with E-state index < -0.39 is 5.91 Å². The number of hydrogen-bond acceptors (Lipinski definition) is 3. The molecule has 13 heavy (non-hydrogen) atoms. The molecule has 1 aliphatic rings. The lowest BCUT2D eigenvalue weighted by atomic mass is 10.1. The third-order valence-electron chi connectivity index (χ3n) is 2.04. The monoisotopic (exact) mass is 182 g/mol. The van der Waals surface area contributed by atoms with Crippen LogP contribution in [0.4, 0.5) is 0 Å². The van der Waals surface area contributed by atoms with Gasteiger partial charge in [0.15, 0.2) is 0 Å². The van der Waals surface area contributed by atoms with Gasteiger partial charge in [0.2, 0.25) is 5.91 Å². The zero-order chi connectivity index (χ0) is 9.84. The minimum Gasteiger partial charge on any atom is -0.369 e. The molecule has 1 heterocycles. The van der Waals surface area contributed by atoms with E-state index in [1.54, 1.807) is 4.90 Å². The van der Waals surface area contributed by atoms with Crippen LogP contribution >= 0.6 is 0 Å². The van der Waals surface area contributed by atoms with Gasteiger partial charge < -0.3 is 10.6 Å². The molecule has 72 valence electrons. The largest absolute Gasteiger partial charge is 0.369 e. The fraction of sp³-hybridized carbons (Fsp3) is 0.625. The summed E-state index contributed by atoms with van der Waals surface area (Å²) in [6.07, 6.45) is 2.60. The third-order valence-corrected chi connectivity index (χ3v) is 2.04. The van der Waals surface area contributed by atoms with E-state index in [4.69, 9.17) is 16.6 Å². The summed E-state index contributed by atoms with van der Waals surface area (Å²) in [5, 5.41) is 15.1. The van der Waals surface area contributed by atoms with E-state index in [2.05, 4.69) is 0 Å². The molecule has 0 atom stereocenters. The van der Waals surface area contributed by atoms with Crippen LogP contribution in [0.15, 0.2) is 0 Å². The van der Waals surface area contributed by atoms with E-state index in [-0.39, 0.29) is 12.3 Å². The summed E-state index contributed by atoms with van der Waals surface area (Å²) < 4.78 is 0. The highest BCUT2D eigenvalue weighted by molar-refractivity contribution is 6.05. The second-order valence-corrected chi connectivity index (χ2v) is 3.15. The zero-order valence-electron chi connectivity index (χ0n) is 7.47. The third kappa shape index (κ3) is 2.54. The molecule has 1 rings (SSSR count). The van der Waals surface area contributed by atoms with Crippen LogP contribution in [0, 0.1) is 10.8 Å². The van der Waals surface area contributed by atoms with E-state index in [0.717, 1.165) is 12.8 Å². The lowest BCUT2D eigenvalue weighted by Gasteiger charge is -2.28. The van der Waals surface area contributed by atoms with Crippen LogP contribution in [0.25, 0.3) is 0 Å². The average molecular weight is 182 g/mol. The molecule has 0 aromatic heterocycles. The topological polar surface area (TPSA) is 94.0 Å². The number of rotatable bonds is 2. The quantitative estimate of drug-likeness (QED) is 0.423. The maximum absolute atomic E-state index is 10.5. The summed E-state index contributed by atoms with van der Waals surface area (Å²) in [6.45, 7) is 0.672. The number of nitrogens with two attached hydrogens (primary N) is 1. The Morgan fingerprint density at radius 3 is 2.77 bits per heavy atom. The first-order chi connectivity index (χ1) is 6.11. The van der Waals surface area contributed by atoms with Crippen LogP contribution in [-0.2, 0) is 4.79 Å². The van der Waals surface area contributed by atoms with Gasteiger partial charge in [-0.15, -0.1) is 0 Å². The summed E-state index contributed by atoms with van der Waals surface area (Å²) >= 11 is 0. The van der Waals surface area contributed by atoms with Crippen molar-refractivity contribution in [2.75, 3.05) is 6.54 Å². The van der Waals surface area contributed by atoms with Gasteiger partial charge in [0.05, 0.1) is 6.42 Å². The SMILES string of the molecule is N=C1CCCCN1C(=N)CC(N)=O. The van der Waals surface area contributed by atoms with Crippen molar-refractivity contribution in [2.24, 2.45) is 5.73 Å². The first-order valence-corrected chi connectivity index (χ1v) is 4.32. The number of nitrogens with one attached hydrogen (secondary N) is 2. The summed E-state index contributed by atoms with van der Waals surface area (Å²) in [5.41, 5.74) is 4.97. The molecule has 0 unspecified atom stereocenters. The Labute approximate surface area is 76.9 Å². The highest BCUT2D eigenvalue weighted by Crippen LogP contribution is 2.11. The molecule has 1 amide bonds. The van der Waals surface area contributed by atoms with Gasteiger partial charge in [-0.3, -0.25) is 15.6 Å². The van der Waals surface area contributed by atoms with Crippen LogP contribution in [-0.4, -0.2) is 29.0 Å². The minimum absolute atomic E-state index is 0.0671. The van der Waals surface area contributed by atoms with Crippen LogP contribution in [0.2, 0.25) is 0 Å². The number of amides is 1. The van der Waals surface area contributed by atoms with Crippen molar-refractivity contribution in [3.63, 3.8) is 0 Å². The lowest BCUT2D eigenvalue weighted by molar-refractivity contribution is -0.116. The zero-order valence-corrected chi connectivity index (χ0v) is 7.47. The molecular formula is C8H14N4O. The molecule has 0 aromatic rings. The molecule has 4 N–H and O–H groups in total. The summed E-state index contributed by atoms with van der Waals surface area (Å²) in [7, 11) is 0. The number of piperidine rings is 1. The van der Waals surface area contributed by atoms with Crippen molar-refractivity contribution < 1.29 is 4.79 Å². The second-order valence-electron chi connectivity index (χ2n) is 3.15. The Hall–Kier alpha value is -1.39. The number of primary amides is 1. The van der Waals surface area contributed by atoms with Gasteiger partial charge >= 0.3 is 0 Å². The van der Waals surface area contributed by atoms with Gasteiger partial charge in [0, 0.05) is 13.0 Å². The van der Waals surface area contributed by atoms with Gasteiger partial charge in [-0.2, -0.15) is 0 Å². The molecule has 5 nitrogen and oxygen atoms in total. The first-order valence-electron chi connectivity index (χ1n) is 4.32. The summed E-state index contributed by atoms with van der Waals surface area (Å²) in [6, 6.07) is 0. The fourth-order valence-corrected chi connectivity index (χ4v) is 1.39. The number of hydrogen-bond donors (Lipinski definition) is 3. The fourth-order valence-electron chi connectivity index (χ4n) is 1.39. The van der Waals surface area contributed by atoms with Crippen LogP contribution in [0.1, 0.15) is 25.7 Å². The summed E-state index contributed by atoms with van der Waals surface area (Å²) in [5.74, 6) is 0.0677. The van der Waals surface area contributed by atoms with Gasteiger partial charge in [-0.1, -0.05) is 0 Å². The predicted octanol–water partition coefficient (Wildman–Crippen LogP) is 0.302. The van der Waals surface area contributed by atoms with Crippen LogP contribution in [0.5, 0.6) is 0 Å². The van der Waals surface area contributed by atoms with E-state index >= 15 is 0 Å². The maximum Gasteiger partial charge on any atom is 0.224 e. The van der Waals surface area contributed by atoms with Crippen molar-refractivity contribution in [2.45, 2.75) is 25.7 Å². The lowest BCUT2D eigenvalue weighted by Crippen LogP contribution is -2.41. The maximum atomic E-state index is 10.5. The molecule has 0 bridgehead atoms. The van der Waals surface area contributed by atoms with Crippen molar-refractivity contribution in [3.05, 3.63) is 0 Å². The van der Waals surface area contributed by atoms with Crippen molar-refractivity contribution in [1.82, 2.24) is 4.90 Å². The number of carbonyl (C=O) groups excluding carboxylic acids is 1. The Kier molecular flexibility index (Phi) is 3.00.